The van der Waals surface area contributed by atoms with Crippen LogP contribution in [0, 0.1) is 13.8 Å². The molecule has 28 heavy (non-hydrogen) atoms. The van der Waals surface area contributed by atoms with Crippen LogP contribution >= 0.6 is 0 Å². The van der Waals surface area contributed by atoms with E-state index in [-0.39, 0.29) is 17.2 Å². The van der Waals surface area contributed by atoms with Crippen LogP contribution in [0.4, 0.5) is 11.4 Å². The predicted octanol–water partition coefficient (Wildman–Crippen LogP) is 4.29. The van der Waals surface area contributed by atoms with E-state index in [0.29, 0.717) is 11.4 Å². The zero-order valence-corrected chi connectivity index (χ0v) is 16.6. The molecule has 3 rings (SSSR count). The monoisotopic (exact) mass is 394 g/mol. The van der Waals surface area contributed by atoms with Gasteiger partial charge in [0.05, 0.1) is 11.3 Å². The number of nitrogens with one attached hydrogen (secondary N) is 2. The van der Waals surface area contributed by atoms with Gasteiger partial charge in [-0.1, -0.05) is 36.4 Å². The van der Waals surface area contributed by atoms with Crippen LogP contribution in [0.2, 0.25) is 0 Å². The third kappa shape index (κ3) is 5.20. The lowest BCUT2D eigenvalue weighted by molar-refractivity contribution is -0.115. The minimum atomic E-state index is -3.70. The Balaban J connectivity index is 1.68. The molecule has 0 saturated heterocycles. The minimum Gasteiger partial charge on any atom is -0.326 e. The maximum atomic E-state index is 12.6. The van der Waals surface area contributed by atoms with Crippen molar-refractivity contribution in [2.24, 2.45) is 0 Å². The van der Waals surface area contributed by atoms with Gasteiger partial charge in [-0.25, -0.2) is 8.42 Å². The molecule has 0 heterocycles. The first kappa shape index (κ1) is 19.6. The van der Waals surface area contributed by atoms with Gasteiger partial charge in [0.25, 0.3) is 10.0 Å². The van der Waals surface area contributed by atoms with Crippen molar-refractivity contribution in [1.29, 1.82) is 0 Å². The molecule has 2 N–H and O–H groups in total. The second-order valence-electron chi connectivity index (χ2n) is 6.72. The molecule has 5 nitrogen and oxygen atoms in total. The van der Waals surface area contributed by atoms with Crippen LogP contribution < -0.4 is 10.0 Å². The van der Waals surface area contributed by atoms with E-state index in [0.717, 1.165) is 16.7 Å². The Morgan fingerprint density at radius 1 is 0.821 bits per heavy atom. The number of hydrogen-bond acceptors (Lipinski definition) is 3. The first-order valence-electron chi connectivity index (χ1n) is 8.87. The zero-order chi connectivity index (χ0) is 20.1. The largest absolute Gasteiger partial charge is 0.326 e. The molecular formula is C22H22N2O3S. The van der Waals surface area contributed by atoms with E-state index in [1.165, 1.54) is 12.1 Å². The molecule has 0 aromatic heterocycles. The number of rotatable bonds is 6. The summed E-state index contributed by atoms with van der Waals surface area (Å²) in [7, 11) is -3.70. The number of carbonyl (C=O) groups excluding carboxylic acids is 1. The molecule has 0 saturated carbocycles. The number of aryl methyl sites for hydroxylation is 2. The molecule has 144 valence electrons. The van der Waals surface area contributed by atoms with Gasteiger partial charge < -0.3 is 5.32 Å². The fourth-order valence-electron chi connectivity index (χ4n) is 2.95. The van der Waals surface area contributed by atoms with Crippen molar-refractivity contribution in [2.45, 2.75) is 25.2 Å². The second kappa shape index (κ2) is 8.27. The summed E-state index contributed by atoms with van der Waals surface area (Å²) in [6, 6.07) is 21.1. The van der Waals surface area contributed by atoms with Crippen LogP contribution in [0.15, 0.2) is 77.7 Å². The average molecular weight is 394 g/mol. The van der Waals surface area contributed by atoms with Gasteiger partial charge in [-0.05, 0) is 66.9 Å². The number of benzene rings is 3. The van der Waals surface area contributed by atoms with E-state index in [4.69, 9.17) is 0 Å². The van der Waals surface area contributed by atoms with Crippen molar-refractivity contribution in [3.63, 3.8) is 0 Å². The van der Waals surface area contributed by atoms with Gasteiger partial charge in [0.1, 0.15) is 0 Å². The molecule has 0 atom stereocenters. The molecule has 6 heteroatoms. The summed E-state index contributed by atoms with van der Waals surface area (Å²) in [5, 5.41) is 2.78. The standard InChI is InChI=1S/C22H22N2O3S/c1-16-12-17(2)14-20(13-16)24-28(26,27)21-10-8-19(9-11-21)23-22(25)15-18-6-4-3-5-7-18/h3-14,24H,15H2,1-2H3,(H,23,25). The summed E-state index contributed by atoms with van der Waals surface area (Å²) in [6.07, 6.45) is 0.259. The Morgan fingerprint density at radius 3 is 2.04 bits per heavy atom. The molecule has 0 aliphatic rings. The average Bonchev–Trinajstić information content (AvgIpc) is 2.61. The summed E-state index contributed by atoms with van der Waals surface area (Å²) in [5.74, 6) is -0.157. The lowest BCUT2D eigenvalue weighted by Crippen LogP contribution is -2.15. The molecule has 3 aromatic carbocycles. The third-order valence-corrected chi connectivity index (χ3v) is 5.53. The Hall–Kier alpha value is -3.12. The molecule has 1 amide bonds. The van der Waals surface area contributed by atoms with Gasteiger partial charge in [0.2, 0.25) is 5.91 Å². The van der Waals surface area contributed by atoms with E-state index >= 15 is 0 Å². The maximum absolute atomic E-state index is 12.6. The fraction of sp³-hybridized carbons (Fsp3) is 0.136. The number of carbonyl (C=O) groups is 1. The van der Waals surface area contributed by atoms with Crippen molar-refractivity contribution in [3.05, 3.63) is 89.5 Å². The van der Waals surface area contributed by atoms with Crippen molar-refractivity contribution in [1.82, 2.24) is 0 Å². The summed E-state index contributed by atoms with van der Waals surface area (Å²) >= 11 is 0. The van der Waals surface area contributed by atoms with Crippen molar-refractivity contribution >= 4 is 27.3 Å². The molecular weight excluding hydrogens is 372 g/mol. The first-order chi connectivity index (χ1) is 13.3. The SMILES string of the molecule is Cc1cc(C)cc(NS(=O)(=O)c2ccc(NC(=O)Cc3ccccc3)cc2)c1. The summed E-state index contributed by atoms with van der Waals surface area (Å²) in [5.41, 5.74) is 3.95. The van der Waals surface area contributed by atoms with E-state index in [1.54, 1.807) is 24.3 Å². The second-order valence-corrected chi connectivity index (χ2v) is 8.40. The van der Waals surface area contributed by atoms with E-state index in [1.807, 2.05) is 50.2 Å². The maximum Gasteiger partial charge on any atom is 0.261 e. The van der Waals surface area contributed by atoms with Gasteiger partial charge in [0.15, 0.2) is 0 Å². The van der Waals surface area contributed by atoms with Crippen LogP contribution in [0.3, 0.4) is 0 Å². The zero-order valence-electron chi connectivity index (χ0n) is 15.8. The van der Waals surface area contributed by atoms with Gasteiger partial charge in [0, 0.05) is 11.4 Å². The first-order valence-corrected chi connectivity index (χ1v) is 10.4. The quantitative estimate of drug-likeness (QED) is 0.655. The van der Waals surface area contributed by atoms with E-state index < -0.39 is 10.0 Å². The molecule has 0 radical (unpaired) electrons. The van der Waals surface area contributed by atoms with Gasteiger partial charge in [-0.15, -0.1) is 0 Å². The Kier molecular flexibility index (Phi) is 5.80. The Morgan fingerprint density at radius 2 is 1.43 bits per heavy atom. The Bertz CT molecular complexity index is 1060. The molecule has 0 bridgehead atoms. The van der Waals surface area contributed by atoms with Crippen LogP contribution in [0.25, 0.3) is 0 Å². The summed E-state index contributed by atoms with van der Waals surface area (Å²) in [6.45, 7) is 3.83. The third-order valence-electron chi connectivity index (χ3n) is 4.13. The summed E-state index contributed by atoms with van der Waals surface area (Å²) in [4.78, 5) is 12.3. The smallest absolute Gasteiger partial charge is 0.261 e. The number of anilines is 2. The van der Waals surface area contributed by atoms with Crippen LogP contribution in [0.5, 0.6) is 0 Å². The molecule has 0 unspecified atom stereocenters. The highest BCUT2D eigenvalue weighted by Crippen LogP contribution is 2.20. The highest BCUT2D eigenvalue weighted by Gasteiger charge is 2.15. The number of hydrogen-bond donors (Lipinski definition) is 2. The fourth-order valence-corrected chi connectivity index (χ4v) is 3.99. The molecule has 0 spiro atoms. The van der Waals surface area contributed by atoms with Crippen molar-refractivity contribution < 1.29 is 13.2 Å². The van der Waals surface area contributed by atoms with Crippen molar-refractivity contribution in [2.75, 3.05) is 10.0 Å². The van der Waals surface area contributed by atoms with Gasteiger partial charge in [-0.2, -0.15) is 0 Å². The molecule has 0 aliphatic carbocycles. The number of sulfonamides is 1. The lowest BCUT2D eigenvalue weighted by atomic mass is 10.1. The topological polar surface area (TPSA) is 75.3 Å². The van der Waals surface area contributed by atoms with E-state index in [9.17, 15) is 13.2 Å². The van der Waals surface area contributed by atoms with Crippen molar-refractivity contribution in [3.8, 4) is 0 Å². The molecule has 3 aromatic rings. The Labute approximate surface area is 165 Å². The lowest BCUT2D eigenvalue weighted by Gasteiger charge is -2.11. The highest BCUT2D eigenvalue weighted by atomic mass is 32.2. The van der Waals surface area contributed by atoms with Gasteiger partial charge in [-0.3, -0.25) is 9.52 Å². The van der Waals surface area contributed by atoms with Crippen LogP contribution in [-0.2, 0) is 21.2 Å². The van der Waals surface area contributed by atoms with Crippen LogP contribution in [0.1, 0.15) is 16.7 Å². The normalized spacial score (nSPS) is 11.1. The minimum absolute atomic E-state index is 0.132. The summed E-state index contributed by atoms with van der Waals surface area (Å²) < 4.78 is 27.8. The number of amides is 1. The van der Waals surface area contributed by atoms with Gasteiger partial charge >= 0.3 is 0 Å². The predicted molar refractivity (Wildman–Crippen MR) is 112 cm³/mol. The van der Waals surface area contributed by atoms with E-state index in [2.05, 4.69) is 10.0 Å². The molecule has 0 aliphatic heterocycles. The highest BCUT2D eigenvalue weighted by molar-refractivity contribution is 7.92. The molecule has 0 fully saturated rings. The van der Waals surface area contributed by atoms with Crippen LogP contribution in [-0.4, -0.2) is 14.3 Å².